The molecule has 1 atom stereocenters. The molecule has 2 aromatic carbocycles. The van der Waals surface area contributed by atoms with Crippen LogP contribution in [0.5, 0.6) is 5.75 Å². The van der Waals surface area contributed by atoms with Gasteiger partial charge in [0, 0.05) is 59.6 Å². The van der Waals surface area contributed by atoms with Crippen molar-refractivity contribution in [2.24, 2.45) is 0 Å². The molecule has 28 heavy (non-hydrogen) atoms. The van der Waals surface area contributed by atoms with Crippen LogP contribution in [0.2, 0.25) is 5.02 Å². The van der Waals surface area contributed by atoms with Gasteiger partial charge >= 0.3 is 5.97 Å². The van der Waals surface area contributed by atoms with Crippen LogP contribution in [0.3, 0.4) is 0 Å². The number of methoxy groups -OCH3 is 1. The van der Waals surface area contributed by atoms with Crippen LogP contribution in [0.4, 0.5) is 5.69 Å². The van der Waals surface area contributed by atoms with Gasteiger partial charge in [-0.05, 0) is 42.5 Å². The van der Waals surface area contributed by atoms with Gasteiger partial charge in [-0.15, -0.1) is 0 Å². The molecule has 0 aliphatic carbocycles. The van der Waals surface area contributed by atoms with Crippen molar-refractivity contribution >= 4 is 34.2 Å². The number of H-pyrrole nitrogens is 1. The van der Waals surface area contributed by atoms with Crippen molar-refractivity contribution in [1.29, 1.82) is 0 Å². The van der Waals surface area contributed by atoms with Crippen LogP contribution in [0.1, 0.15) is 11.6 Å². The minimum Gasteiger partial charge on any atom is -0.497 e. The number of fused-ring (bicyclic) bond motifs is 1. The zero-order valence-corrected chi connectivity index (χ0v) is 16.3. The van der Waals surface area contributed by atoms with E-state index < -0.39 is 12.0 Å². The highest BCUT2D eigenvalue weighted by atomic mass is 35.5. The molecule has 7 heteroatoms. The third kappa shape index (κ3) is 3.53. The first-order valence-corrected chi connectivity index (χ1v) is 9.57. The molecule has 0 bridgehead atoms. The second-order valence-electron chi connectivity index (χ2n) is 6.90. The molecule has 1 aromatic heterocycles. The third-order valence-electron chi connectivity index (χ3n) is 5.32. The number of piperazine rings is 1. The Morgan fingerprint density at radius 3 is 2.50 bits per heavy atom. The molecule has 0 saturated carbocycles. The van der Waals surface area contributed by atoms with E-state index in [9.17, 15) is 9.90 Å². The topological polar surface area (TPSA) is 68.8 Å². The molecule has 2 heterocycles. The number of nitrogens with one attached hydrogen (secondary N) is 1. The Morgan fingerprint density at radius 1 is 1.14 bits per heavy atom. The summed E-state index contributed by atoms with van der Waals surface area (Å²) < 4.78 is 5.21. The van der Waals surface area contributed by atoms with Gasteiger partial charge in [0.15, 0.2) is 0 Å². The van der Waals surface area contributed by atoms with Gasteiger partial charge in [-0.1, -0.05) is 11.6 Å². The number of benzene rings is 2. The van der Waals surface area contributed by atoms with Crippen LogP contribution in [0, 0.1) is 0 Å². The minimum atomic E-state index is -0.848. The van der Waals surface area contributed by atoms with Crippen molar-refractivity contribution in [1.82, 2.24) is 9.88 Å². The number of carboxylic acid groups (broad SMARTS) is 1. The van der Waals surface area contributed by atoms with Gasteiger partial charge in [0.1, 0.15) is 11.8 Å². The van der Waals surface area contributed by atoms with Crippen molar-refractivity contribution in [2.45, 2.75) is 6.04 Å². The molecule has 1 fully saturated rings. The van der Waals surface area contributed by atoms with Gasteiger partial charge in [-0.2, -0.15) is 0 Å². The van der Waals surface area contributed by atoms with E-state index in [1.54, 1.807) is 19.4 Å². The summed E-state index contributed by atoms with van der Waals surface area (Å²) in [7, 11) is 1.65. The maximum atomic E-state index is 12.1. The molecule has 0 spiro atoms. The highest BCUT2D eigenvalue weighted by Crippen LogP contribution is 2.32. The van der Waals surface area contributed by atoms with E-state index in [4.69, 9.17) is 16.3 Å². The number of ether oxygens (including phenoxy) is 1. The smallest absolute Gasteiger partial charge is 0.325 e. The minimum absolute atomic E-state index is 0.599. The van der Waals surface area contributed by atoms with E-state index in [0.29, 0.717) is 18.1 Å². The second-order valence-corrected chi connectivity index (χ2v) is 7.33. The molecule has 2 N–H and O–H groups in total. The predicted molar refractivity (Wildman–Crippen MR) is 110 cm³/mol. The Morgan fingerprint density at radius 2 is 1.86 bits per heavy atom. The first kappa shape index (κ1) is 18.7. The molecule has 0 radical (unpaired) electrons. The number of aliphatic carboxylic acids is 1. The molecular formula is C21H22ClN3O3. The van der Waals surface area contributed by atoms with Crippen LogP contribution in [-0.4, -0.2) is 54.2 Å². The largest absolute Gasteiger partial charge is 0.497 e. The summed E-state index contributed by atoms with van der Waals surface area (Å²) in [6.07, 6.45) is 1.79. The molecular weight excluding hydrogens is 378 g/mol. The van der Waals surface area contributed by atoms with E-state index in [-0.39, 0.29) is 0 Å². The Labute approximate surface area is 168 Å². The Hall–Kier alpha value is -2.70. The third-order valence-corrected chi connectivity index (χ3v) is 5.56. The predicted octanol–water partition coefficient (Wildman–Crippen LogP) is 3.78. The molecule has 1 aliphatic rings. The van der Waals surface area contributed by atoms with Crippen LogP contribution in [0.25, 0.3) is 10.9 Å². The van der Waals surface area contributed by atoms with Crippen molar-refractivity contribution in [3.05, 3.63) is 59.2 Å². The van der Waals surface area contributed by atoms with Crippen LogP contribution in [-0.2, 0) is 4.79 Å². The SMILES string of the molecule is COc1ccc(N2CCN([C@H](C(=O)O)c3c[nH]c4ccc(Cl)cc34)CC2)cc1. The lowest BCUT2D eigenvalue weighted by Gasteiger charge is -2.38. The molecule has 3 aromatic rings. The van der Waals surface area contributed by atoms with E-state index in [1.165, 1.54) is 0 Å². The monoisotopic (exact) mass is 399 g/mol. The summed E-state index contributed by atoms with van der Waals surface area (Å²) >= 11 is 6.14. The number of rotatable bonds is 5. The normalized spacial score (nSPS) is 16.3. The van der Waals surface area contributed by atoms with Gasteiger partial charge in [0.05, 0.1) is 7.11 Å². The number of hydrogen-bond donors (Lipinski definition) is 2. The number of anilines is 1. The summed E-state index contributed by atoms with van der Waals surface area (Å²) in [5, 5.41) is 11.4. The van der Waals surface area contributed by atoms with Gasteiger partial charge in [0.2, 0.25) is 0 Å². The maximum absolute atomic E-state index is 12.1. The number of hydrogen-bond acceptors (Lipinski definition) is 4. The molecule has 0 amide bonds. The van der Waals surface area contributed by atoms with E-state index >= 15 is 0 Å². The second kappa shape index (κ2) is 7.73. The molecule has 146 valence electrons. The van der Waals surface area contributed by atoms with Crippen molar-refractivity contribution in [3.8, 4) is 5.75 Å². The molecule has 0 unspecified atom stereocenters. The average molecular weight is 400 g/mol. The lowest BCUT2D eigenvalue weighted by molar-refractivity contribution is -0.143. The highest BCUT2D eigenvalue weighted by molar-refractivity contribution is 6.31. The number of halogens is 1. The van der Waals surface area contributed by atoms with Crippen LogP contribution >= 0.6 is 11.6 Å². The maximum Gasteiger partial charge on any atom is 0.325 e. The van der Waals surface area contributed by atoms with E-state index in [2.05, 4.69) is 9.88 Å². The van der Waals surface area contributed by atoms with Gasteiger partial charge < -0.3 is 19.7 Å². The van der Waals surface area contributed by atoms with Gasteiger partial charge in [-0.3, -0.25) is 9.69 Å². The lowest BCUT2D eigenvalue weighted by Crippen LogP contribution is -2.49. The van der Waals surface area contributed by atoms with E-state index in [1.807, 2.05) is 41.3 Å². The Balaban J connectivity index is 1.53. The molecule has 1 aliphatic heterocycles. The standard InChI is InChI=1S/C21H22ClN3O3/c1-28-16-5-3-15(4-6-16)24-8-10-25(11-9-24)20(21(26)27)18-13-23-19-7-2-14(22)12-17(18)19/h2-7,12-13,20,23H,8-11H2,1H3,(H,26,27)/t20-/m0/s1. The summed E-state index contributed by atoms with van der Waals surface area (Å²) in [6, 6.07) is 12.7. The molecule has 1 saturated heterocycles. The number of nitrogens with zero attached hydrogens (tertiary/aromatic N) is 2. The van der Waals surface area contributed by atoms with Crippen LogP contribution in [0.15, 0.2) is 48.7 Å². The quantitative estimate of drug-likeness (QED) is 0.683. The van der Waals surface area contributed by atoms with Gasteiger partial charge in [0.25, 0.3) is 0 Å². The summed E-state index contributed by atoms with van der Waals surface area (Å²) in [4.78, 5) is 19.6. The summed E-state index contributed by atoms with van der Waals surface area (Å²) in [5.74, 6) is -0.0231. The Bertz CT molecular complexity index is 978. The highest BCUT2D eigenvalue weighted by Gasteiger charge is 2.32. The Kier molecular flexibility index (Phi) is 5.15. The molecule has 4 rings (SSSR count). The fourth-order valence-electron chi connectivity index (χ4n) is 3.86. The van der Waals surface area contributed by atoms with Crippen LogP contribution < -0.4 is 9.64 Å². The average Bonchev–Trinajstić information content (AvgIpc) is 3.11. The summed E-state index contributed by atoms with van der Waals surface area (Å²) in [6.45, 7) is 2.85. The first-order valence-electron chi connectivity index (χ1n) is 9.19. The van der Waals surface area contributed by atoms with Crippen molar-refractivity contribution in [3.63, 3.8) is 0 Å². The zero-order chi connectivity index (χ0) is 19.7. The fourth-order valence-corrected chi connectivity index (χ4v) is 4.03. The van der Waals surface area contributed by atoms with Crippen molar-refractivity contribution < 1.29 is 14.6 Å². The molecule has 6 nitrogen and oxygen atoms in total. The number of aromatic amines is 1. The fraction of sp³-hybridized carbons (Fsp3) is 0.286. The first-order chi connectivity index (χ1) is 13.6. The number of aromatic nitrogens is 1. The van der Waals surface area contributed by atoms with E-state index in [0.717, 1.165) is 41.0 Å². The number of carbonyl (C=O) groups is 1. The summed E-state index contributed by atoms with van der Waals surface area (Å²) in [5.41, 5.74) is 2.76. The lowest BCUT2D eigenvalue weighted by atomic mass is 10.0. The number of carboxylic acids is 1. The van der Waals surface area contributed by atoms with Crippen molar-refractivity contribution in [2.75, 3.05) is 38.2 Å². The van der Waals surface area contributed by atoms with Gasteiger partial charge in [-0.25, -0.2) is 0 Å². The zero-order valence-electron chi connectivity index (χ0n) is 15.6.